The Hall–Kier alpha value is -1.28. The number of quaternary nitrogens is 1. The minimum atomic E-state index is -4.34. The average Bonchev–Trinajstić information content (AvgIpc) is 3.23. The predicted octanol–water partition coefficient (Wildman–Crippen LogP) is 15.4. The van der Waals surface area contributed by atoms with Crippen molar-refractivity contribution in [1.82, 2.24) is 5.32 Å². The van der Waals surface area contributed by atoms with E-state index in [0.717, 1.165) is 44.9 Å². The third-order valence-corrected chi connectivity index (χ3v) is 12.8. The highest BCUT2D eigenvalue weighted by atomic mass is 31.2. The first-order chi connectivity index (χ1) is 30.0. The molecule has 0 aliphatic heterocycles. The molecule has 0 aromatic heterocycles. The van der Waals surface area contributed by atoms with Gasteiger partial charge in [0.2, 0.25) is 5.91 Å². The van der Waals surface area contributed by atoms with Crippen LogP contribution in [0.3, 0.4) is 0 Å². The van der Waals surface area contributed by atoms with Gasteiger partial charge in [-0.05, 0) is 51.4 Å². The van der Waals surface area contributed by atoms with Gasteiger partial charge in [-0.2, -0.15) is 0 Å². The number of hydrogen-bond acceptors (Lipinski definition) is 5. The number of carbonyl (C=O) groups is 1. The molecule has 366 valence electrons. The summed E-state index contributed by atoms with van der Waals surface area (Å²) in [6.07, 6.45) is 56.7. The van der Waals surface area contributed by atoms with Crippen molar-refractivity contribution in [3.8, 4) is 0 Å². The Morgan fingerprint density at radius 3 is 1.32 bits per heavy atom. The van der Waals surface area contributed by atoms with Gasteiger partial charge < -0.3 is 19.8 Å². The van der Waals surface area contributed by atoms with Gasteiger partial charge >= 0.3 is 7.82 Å². The lowest BCUT2D eigenvalue weighted by Gasteiger charge is -2.25. The van der Waals surface area contributed by atoms with Gasteiger partial charge in [-0.3, -0.25) is 13.8 Å². The van der Waals surface area contributed by atoms with Gasteiger partial charge in [-0.1, -0.05) is 224 Å². The van der Waals surface area contributed by atoms with Crippen molar-refractivity contribution in [3.63, 3.8) is 0 Å². The van der Waals surface area contributed by atoms with Crippen LogP contribution in [0.4, 0.5) is 0 Å². The van der Waals surface area contributed by atoms with Gasteiger partial charge in [0.15, 0.2) is 0 Å². The van der Waals surface area contributed by atoms with Crippen LogP contribution in [0.1, 0.15) is 245 Å². The second-order valence-corrected chi connectivity index (χ2v) is 20.7. The lowest BCUT2D eigenvalue weighted by molar-refractivity contribution is -0.870. The van der Waals surface area contributed by atoms with Crippen molar-refractivity contribution in [2.75, 3.05) is 40.9 Å². The normalized spacial score (nSPS) is 14.4. The van der Waals surface area contributed by atoms with E-state index in [4.69, 9.17) is 9.05 Å². The molecule has 0 saturated heterocycles. The van der Waals surface area contributed by atoms with Crippen LogP contribution in [0.25, 0.3) is 0 Å². The molecule has 3 N–H and O–H groups in total. The van der Waals surface area contributed by atoms with Gasteiger partial charge in [0.25, 0.3) is 0 Å². The number of phosphoric acid groups is 1. The molecule has 0 bridgehead atoms. The molecular weight excluding hydrogens is 792 g/mol. The minimum Gasteiger partial charge on any atom is -0.387 e. The number of carbonyl (C=O) groups excluding carboxylic acids is 1. The molecular formula is C53H104N2O6P+. The Balaban J connectivity index is 4.08. The Labute approximate surface area is 385 Å². The van der Waals surface area contributed by atoms with Crippen LogP contribution in [0, 0.1) is 0 Å². The summed E-state index contributed by atoms with van der Waals surface area (Å²) in [6, 6.07) is -0.844. The zero-order valence-corrected chi connectivity index (χ0v) is 42.5. The largest absolute Gasteiger partial charge is 0.472 e. The molecule has 3 unspecified atom stereocenters. The second-order valence-electron chi connectivity index (χ2n) is 19.3. The first kappa shape index (κ1) is 60.7. The van der Waals surface area contributed by atoms with E-state index in [1.54, 1.807) is 6.08 Å². The van der Waals surface area contributed by atoms with Crippen LogP contribution in [-0.4, -0.2) is 73.4 Å². The predicted molar refractivity (Wildman–Crippen MR) is 268 cm³/mol. The standard InChI is InChI=1S/C53H103N2O6P/c1-6-8-10-12-14-16-18-19-20-21-22-23-24-25-26-27-28-29-30-31-32-33-34-35-37-39-41-43-45-47-53(57)54-51(50-61-62(58,59)60-49-48-55(3,4)5)52(56)46-44-42-40-38-36-17-15-13-11-9-7-2/h22-23,25-26,44,46,51-52,56H,6-21,24,27-43,45,47-50H2,1-5H3,(H-,54,57,58,59)/p+1/b23-22-,26-25-,46-44+. The molecule has 1 amide bonds. The van der Waals surface area contributed by atoms with Crippen LogP contribution < -0.4 is 5.32 Å². The van der Waals surface area contributed by atoms with Gasteiger partial charge in [-0.25, -0.2) is 4.57 Å². The molecule has 0 aromatic rings. The number of nitrogens with zero attached hydrogens (tertiary/aromatic N) is 1. The summed E-state index contributed by atoms with van der Waals surface area (Å²) in [4.78, 5) is 23.2. The number of allylic oxidation sites excluding steroid dienone is 5. The van der Waals surface area contributed by atoms with Gasteiger partial charge in [0, 0.05) is 6.42 Å². The fourth-order valence-corrected chi connectivity index (χ4v) is 8.40. The minimum absolute atomic E-state index is 0.0617. The number of rotatable bonds is 48. The van der Waals surface area contributed by atoms with Crippen molar-refractivity contribution >= 4 is 13.7 Å². The van der Waals surface area contributed by atoms with Crippen molar-refractivity contribution in [2.24, 2.45) is 0 Å². The molecule has 0 radical (unpaired) electrons. The monoisotopic (exact) mass is 896 g/mol. The molecule has 0 aliphatic carbocycles. The van der Waals surface area contributed by atoms with E-state index in [0.29, 0.717) is 17.4 Å². The van der Waals surface area contributed by atoms with E-state index < -0.39 is 20.0 Å². The van der Waals surface area contributed by atoms with Crippen molar-refractivity contribution < 1.29 is 32.9 Å². The zero-order valence-electron chi connectivity index (χ0n) is 41.6. The van der Waals surface area contributed by atoms with Gasteiger partial charge in [-0.15, -0.1) is 0 Å². The van der Waals surface area contributed by atoms with Crippen LogP contribution in [-0.2, 0) is 18.4 Å². The van der Waals surface area contributed by atoms with Crippen molar-refractivity contribution in [3.05, 3.63) is 36.5 Å². The average molecular weight is 896 g/mol. The van der Waals surface area contributed by atoms with Crippen LogP contribution in [0.2, 0.25) is 0 Å². The summed E-state index contributed by atoms with van der Waals surface area (Å²) in [6.45, 7) is 4.81. The van der Waals surface area contributed by atoms with E-state index in [-0.39, 0.29) is 19.1 Å². The number of likely N-dealkylation sites (N-methyl/N-ethyl adjacent to an activating group) is 1. The summed E-state index contributed by atoms with van der Waals surface area (Å²) in [5, 5.41) is 13.8. The van der Waals surface area contributed by atoms with Crippen LogP contribution in [0.15, 0.2) is 36.5 Å². The van der Waals surface area contributed by atoms with E-state index in [2.05, 4.69) is 43.5 Å². The maximum absolute atomic E-state index is 12.9. The van der Waals surface area contributed by atoms with E-state index in [9.17, 15) is 19.4 Å². The molecule has 3 atom stereocenters. The van der Waals surface area contributed by atoms with Crippen molar-refractivity contribution in [1.29, 1.82) is 0 Å². The second kappa shape index (κ2) is 44.9. The Bertz CT molecular complexity index is 1110. The molecule has 0 heterocycles. The summed E-state index contributed by atoms with van der Waals surface area (Å²) < 4.78 is 23.6. The maximum atomic E-state index is 12.9. The number of hydrogen-bond donors (Lipinski definition) is 3. The van der Waals surface area contributed by atoms with Gasteiger partial charge in [0.05, 0.1) is 39.9 Å². The zero-order chi connectivity index (χ0) is 45.7. The highest BCUT2D eigenvalue weighted by Gasteiger charge is 2.27. The molecule has 9 heteroatoms. The van der Waals surface area contributed by atoms with E-state index >= 15 is 0 Å². The van der Waals surface area contributed by atoms with E-state index in [1.165, 1.54) is 180 Å². The number of unbranched alkanes of at least 4 members (excludes halogenated alkanes) is 31. The lowest BCUT2D eigenvalue weighted by atomic mass is 10.0. The Morgan fingerprint density at radius 2 is 0.919 bits per heavy atom. The van der Waals surface area contributed by atoms with Crippen LogP contribution in [0.5, 0.6) is 0 Å². The molecule has 0 aliphatic rings. The lowest BCUT2D eigenvalue weighted by Crippen LogP contribution is -2.45. The molecule has 0 aromatic carbocycles. The van der Waals surface area contributed by atoms with Crippen molar-refractivity contribution in [2.45, 2.75) is 257 Å². The van der Waals surface area contributed by atoms with E-state index in [1.807, 2.05) is 27.2 Å². The highest BCUT2D eigenvalue weighted by Crippen LogP contribution is 2.43. The third kappa shape index (κ3) is 46.7. The van der Waals surface area contributed by atoms with Gasteiger partial charge in [0.1, 0.15) is 13.2 Å². The van der Waals surface area contributed by atoms with Crippen LogP contribution >= 0.6 is 7.82 Å². The summed E-state index contributed by atoms with van der Waals surface area (Å²) >= 11 is 0. The number of nitrogens with one attached hydrogen (secondary N) is 1. The maximum Gasteiger partial charge on any atom is 0.472 e. The molecule has 62 heavy (non-hydrogen) atoms. The summed E-state index contributed by atoms with van der Waals surface area (Å²) in [5.74, 6) is -0.178. The molecule has 0 fully saturated rings. The summed E-state index contributed by atoms with van der Waals surface area (Å²) in [5.41, 5.74) is 0. The number of aliphatic hydroxyl groups excluding tert-OH is 1. The fraction of sp³-hybridized carbons (Fsp3) is 0.868. The highest BCUT2D eigenvalue weighted by molar-refractivity contribution is 7.47. The Morgan fingerprint density at radius 1 is 0.548 bits per heavy atom. The number of amides is 1. The molecule has 0 spiro atoms. The number of phosphoric ester groups is 1. The molecule has 0 rings (SSSR count). The fourth-order valence-electron chi connectivity index (χ4n) is 7.66. The quantitative estimate of drug-likeness (QED) is 0.0243. The first-order valence-corrected chi connectivity index (χ1v) is 27.9. The SMILES string of the molecule is CCCCCCCCCCC/C=C\C/C=C\CCCCCCCCCCCCCCCC(=O)NC(COP(=O)(O)OCC[N+](C)(C)C)C(O)/C=C/CCCCCCCCCCC. The Kier molecular flexibility index (Phi) is 44.0. The number of aliphatic hydroxyl groups is 1. The molecule has 0 saturated carbocycles. The first-order valence-electron chi connectivity index (χ1n) is 26.4. The smallest absolute Gasteiger partial charge is 0.387 e. The molecule has 8 nitrogen and oxygen atoms in total. The summed E-state index contributed by atoms with van der Waals surface area (Å²) in [7, 11) is 1.57. The third-order valence-electron chi connectivity index (χ3n) is 11.9. The topological polar surface area (TPSA) is 105 Å².